The van der Waals surface area contributed by atoms with Crippen molar-refractivity contribution in [2.75, 3.05) is 18.0 Å². The quantitative estimate of drug-likeness (QED) is 0.830. The van der Waals surface area contributed by atoms with Crippen LogP contribution >= 0.6 is 0 Å². The first kappa shape index (κ1) is 12.6. The summed E-state index contributed by atoms with van der Waals surface area (Å²) < 4.78 is 0. The highest BCUT2D eigenvalue weighted by molar-refractivity contribution is 5.37. The molecule has 2 aliphatic rings. The number of aromatic nitrogens is 1. The summed E-state index contributed by atoms with van der Waals surface area (Å²) in [7, 11) is 0. The summed E-state index contributed by atoms with van der Waals surface area (Å²) in [6.45, 7) is 6.26. The maximum absolute atomic E-state index is 4.85. The van der Waals surface area contributed by atoms with Crippen LogP contribution in [-0.4, -0.2) is 23.7 Å². The highest BCUT2D eigenvalue weighted by Crippen LogP contribution is 2.32. The van der Waals surface area contributed by atoms with Crippen LogP contribution in [0.5, 0.6) is 0 Å². The van der Waals surface area contributed by atoms with Crippen molar-refractivity contribution in [2.24, 2.45) is 9.98 Å². The van der Waals surface area contributed by atoms with Crippen molar-refractivity contribution in [3.05, 3.63) is 23.0 Å². The molecule has 102 valence electrons. The van der Waals surface area contributed by atoms with Crippen LogP contribution in [0.25, 0.3) is 0 Å². The van der Waals surface area contributed by atoms with E-state index < -0.39 is 0 Å². The van der Waals surface area contributed by atoms with E-state index in [4.69, 9.17) is 15.0 Å². The predicted molar refractivity (Wildman–Crippen MR) is 75.9 cm³/mol. The number of anilines is 1. The van der Waals surface area contributed by atoms with Gasteiger partial charge in [-0.3, -0.25) is 4.99 Å². The van der Waals surface area contributed by atoms with Crippen molar-refractivity contribution in [2.45, 2.75) is 51.6 Å². The second-order valence-corrected chi connectivity index (χ2v) is 5.45. The molecule has 0 saturated heterocycles. The highest BCUT2D eigenvalue weighted by atomic mass is 15.2. The van der Waals surface area contributed by atoms with Crippen LogP contribution in [0.15, 0.2) is 22.1 Å². The van der Waals surface area contributed by atoms with Crippen molar-refractivity contribution in [1.82, 2.24) is 4.98 Å². The van der Waals surface area contributed by atoms with E-state index in [1.165, 1.54) is 19.3 Å². The average molecular weight is 258 g/mol. The highest BCUT2D eigenvalue weighted by Gasteiger charge is 2.33. The third-order valence-corrected chi connectivity index (χ3v) is 4.22. The first-order valence-corrected chi connectivity index (χ1v) is 7.48. The Kier molecular flexibility index (Phi) is 3.25. The van der Waals surface area contributed by atoms with Gasteiger partial charge >= 0.3 is 0 Å². The van der Waals surface area contributed by atoms with Gasteiger partial charge in [0.05, 0.1) is 0 Å². The van der Waals surface area contributed by atoms with Gasteiger partial charge < -0.3 is 4.90 Å². The Labute approximate surface area is 114 Å². The molecule has 1 saturated carbocycles. The Morgan fingerprint density at radius 2 is 1.79 bits per heavy atom. The molecule has 1 spiro atoms. The van der Waals surface area contributed by atoms with E-state index in [9.17, 15) is 0 Å². The fourth-order valence-electron chi connectivity index (χ4n) is 3.11. The average Bonchev–Trinajstić information content (AvgIpc) is 2.77. The largest absolute Gasteiger partial charge is 0.357 e. The van der Waals surface area contributed by atoms with Crippen molar-refractivity contribution in [3.8, 4) is 0 Å². The lowest BCUT2D eigenvalue weighted by Crippen LogP contribution is -2.31. The Hall–Kier alpha value is -1.45. The number of fused-ring (bicyclic) bond motifs is 1. The second-order valence-electron chi connectivity index (χ2n) is 5.45. The number of rotatable bonds is 3. The molecule has 4 nitrogen and oxygen atoms in total. The molecule has 0 N–H and O–H groups in total. The van der Waals surface area contributed by atoms with Gasteiger partial charge in [0, 0.05) is 13.1 Å². The Morgan fingerprint density at radius 1 is 1.05 bits per heavy atom. The van der Waals surface area contributed by atoms with Crippen molar-refractivity contribution < 1.29 is 0 Å². The number of hydrogen-bond donors (Lipinski definition) is 0. The molecule has 1 fully saturated rings. The fourth-order valence-corrected chi connectivity index (χ4v) is 3.11. The summed E-state index contributed by atoms with van der Waals surface area (Å²) in [5, 5.41) is 0.984. The summed E-state index contributed by atoms with van der Waals surface area (Å²) >= 11 is 0. The van der Waals surface area contributed by atoms with E-state index in [0.29, 0.717) is 0 Å². The lowest BCUT2D eigenvalue weighted by atomic mass is 9.90. The molecule has 0 aromatic carbocycles. The topological polar surface area (TPSA) is 40.9 Å². The molecule has 0 bridgehead atoms. The summed E-state index contributed by atoms with van der Waals surface area (Å²) in [6, 6.07) is 4.16. The standard InChI is InChI=1S/C15H22N4/c1-3-19(4-2)13-9-8-12-14(16-13)18-15(17-12)10-6-5-7-11-15/h8-9H,3-7,10-11H2,1-2H3. The molecule has 3 rings (SSSR count). The van der Waals surface area contributed by atoms with Gasteiger partial charge in [-0.1, -0.05) is 6.42 Å². The molecule has 1 aromatic rings. The first-order chi connectivity index (χ1) is 9.26. The van der Waals surface area contributed by atoms with Crippen molar-refractivity contribution >= 4 is 5.82 Å². The van der Waals surface area contributed by atoms with Gasteiger partial charge in [0.2, 0.25) is 0 Å². The van der Waals surface area contributed by atoms with Gasteiger partial charge in [0.15, 0.2) is 11.2 Å². The molecule has 1 aliphatic carbocycles. The molecule has 2 heterocycles. The zero-order valence-electron chi connectivity index (χ0n) is 11.9. The molecule has 0 unspecified atom stereocenters. The van der Waals surface area contributed by atoms with Crippen LogP contribution in [0, 0.1) is 0 Å². The molecular formula is C15H22N4. The van der Waals surface area contributed by atoms with Crippen molar-refractivity contribution in [3.63, 3.8) is 0 Å². The van der Waals surface area contributed by atoms with Crippen LogP contribution in [0.4, 0.5) is 5.82 Å². The minimum atomic E-state index is -0.171. The third-order valence-electron chi connectivity index (χ3n) is 4.22. The normalized spacial score (nSPS) is 19.7. The Bertz CT molecular complexity index is 568. The third kappa shape index (κ3) is 2.24. The molecular weight excluding hydrogens is 236 g/mol. The predicted octanol–water partition coefficient (Wildman–Crippen LogP) is 1.84. The van der Waals surface area contributed by atoms with Crippen LogP contribution < -0.4 is 15.7 Å². The number of pyridine rings is 1. The molecule has 0 atom stereocenters. The fraction of sp³-hybridized carbons (Fsp3) is 0.667. The van der Waals surface area contributed by atoms with Crippen LogP contribution in [-0.2, 0) is 0 Å². The summed E-state index contributed by atoms with van der Waals surface area (Å²) in [5.74, 6) is 1.02. The smallest absolute Gasteiger partial charge is 0.177 e. The molecule has 0 radical (unpaired) electrons. The summed E-state index contributed by atoms with van der Waals surface area (Å²) in [4.78, 5) is 16.7. The minimum absolute atomic E-state index is 0.171. The molecule has 1 aromatic heterocycles. The number of hydrogen-bond acceptors (Lipinski definition) is 4. The van der Waals surface area contributed by atoms with Gasteiger partial charge in [0.1, 0.15) is 11.2 Å². The summed E-state index contributed by atoms with van der Waals surface area (Å²) in [5.41, 5.74) is 0.682. The second kappa shape index (κ2) is 4.91. The van der Waals surface area contributed by atoms with Crippen molar-refractivity contribution in [1.29, 1.82) is 0 Å². The lowest BCUT2D eigenvalue weighted by Gasteiger charge is -2.26. The Balaban J connectivity index is 1.99. The van der Waals surface area contributed by atoms with Crippen LogP contribution in [0.3, 0.4) is 0 Å². The van der Waals surface area contributed by atoms with Gasteiger partial charge in [-0.25, -0.2) is 9.98 Å². The van der Waals surface area contributed by atoms with E-state index >= 15 is 0 Å². The van der Waals surface area contributed by atoms with Crippen LogP contribution in [0.2, 0.25) is 0 Å². The monoisotopic (exact) mass is 258 g/mol. The molecule has 0 amide bonds. The van der Waals surface area contributed by atoms with E-state index in [1.54, 1.807) is 0 Å². The maximum atomic E-state index is 4.85. The van der Waals surface area contributed by atoms with Gasteiger partial charge in [-0.05, 0) is 51.7 Å². The van der Waals surface area contributed by atoms with E-state index in [0.717, 1.165) is 42.6 Å². The summed E-state index contributed by atoms with van der Waals surface area (Å²) in [6.07, 6.45) is 5.98. The van der Waals surface area contributed by atoms with E-state index in [-0.39, 0.29) is 5.66 Å². The first-order valence-electron chi connectivity index (χ1n) is 7.48. The van der Waals surface area contributed by atoms with Gasteiger partial charge in [0.25, 0.3) is 0 Å². The van der Waals surface area contributed by atoms with Gasteiger partial charge in [-0.2, -0.15) is 0 Å². The SMILES string of the molecule is CCN(CC)c1ccc2c(n1)=NC1(CCCCC1)N=2. The van der Waals surface area contributed by atoms with E-state index in [1.807, 2.05) is 0 Å². The molecule has 19 heavy (non-hydrogen) atoms. The zero-order chi connectivity index (χ0) is 13.3. The van der Waals surface area contributed by atoms with Gasteiger partial charge in [-0.15, -0.1) is 0 Å². The molecule has 1 aliphatic heterocycles. The lowest BCUT2D eigenvalue weighted by molar-refractivity contribution is 0.308. The Morgan fingerprint density at radius 3 is 2.47 bits per heavy atom. The maximum Gasteiger partial charge on any atom is 0.177 e. The minimum Gasteiger partial charge on any atom is -0.357 e. The van der Waals surface area contributed by atoms with Crippen LogP contribution in [0.1, 0.15) is 46.0 Å². The number of nitrogens with zero attached hydrogens (tertiary/aromatic N) is 4. The molecule has 4 heteroatoms. The van der Waals surface area contributed by atoms with E-state index in [2.05, 4.69) is 30.9 Å². The zero-order valence-corrected chi connectivity index (χ0v) is 11.9.